The van der Waals surface area contributed by atoms with Crippen LogP contribution in [0.25, 0.3) is 0 Å². The molecule has 1 rings (SSSR count). The lowest BCUT2D eigenvalue weighted by molar-refractivity contribution is -0.131. The molecule has 0 aromatic heterocycles. The monoisotopic (exact) mass is 308 g/mol. The van der Waals surface area contributed by atoms with E-state index in [4.69, 9.17) is 22.7 Å². The van der Waals surface area contributed by atoms with Crippen molar-refractivity contribution in [3.63, 3.8) is 0 Å². The van der Waals surface area contributed by atoms with Crippen molar-refractivity contribution in [3.05, 3.63) is 29.8 Å². The molecule has 0 spiro atoms. The summed E-state index contributed by atoms with van der Waals surface area (Å²) in [6, 6.07) is 7.86. The van der Waals surface area contributed by atoms with E-state index in [-0.39, 0.29) is 12.5 Å². The average Bonchev–Trinajstić information content (AvgIpc) is 2.49. The maximum Gasteiger partial charge on any atom is 0.260 e. The van der Waals surface area contributed by atoms with Crippen molar-refractivity contribution >= 4 is 23.1 Å². The molecule has 0 saturated carbocycles. The van der Waals surface area contributed by atoms with Crippen molar-refractivity contribution in [2.75, 3.05) is 20.2 Å². The first-order valence-electron chi connectivity index (χ1n) is 7.19. The fourth-order valence-corrected chi connectivity index (χ4v) is 1.98. The molecule has 1 unspecified atom stereocenters. The first-order chi connectivity index (χ1) is 9.95. The van der Waals surface area contributed by atoms with Gasteiger partial charge in [0.15, 0.2) is 6.61 Å². The number of rotatable bonds is 8. The molecule has 1 aromatic rings. The molecule has 1 amide bonds. The Morgan fingerprint density at radius 3 is 2.71 bits per heavy atom. The van der Waals surface area contributed by atoms with Crippen LogP contribution < -0.4 is 10.5 Å². The lowest BCUT2D eigenvalue weighted by atomic mass is 9.98. The van der Waals surface area contributed by atoms with Gasteiger partial charge in [0.05, 0.1) is 4.99 Å². The van der Waals surface area contributed by atoms with E-state index in [2.05, 4.69) is 13.8 Å². The van der Waals surface area contributed by atoms with Crippen LogP contribution in [-0.2, 0) is 4.79 Å². The van der Waals surface area contributed by atoms with Crippen LogP contribution in [0.15, 0.2) is 24.3 Å². The second-order valence-corrected chi connectivity index (χ2v) is 5.69. The Kier molecular flexibility index (Phi) is 7.15. The zero-order valence-electron chi connectivity index (χ0n) is 13.0. The molecule has 0 aliphatic carbocycles. The van der Waals surface area contributed by atoms with Gasteiger partial charge in [0.1, 0.15) is 5.75 Å². The van der Waals surface area contributed by atoms with E-state index in [1.807, 2.05) is 24.3 Å². The van der Waals surface area contributed by atoms with E-state index in [0.717, 1.165) is 17.7 Å². The molecule has 0 aliphatic heterocycles. The van der Waals surface area contributed by atoms with E-state index >= 15 is 0 Å². The Morgan fingerprint density at radius 1 is 1.43 bits per heavy atom. The number of likely N-dealkylation sites (N-methyl/N-ethyl adjacent to an activating group) is 1. The Labute approximate surface area is 132 Å². The molecule has 2 N–H and O–H groups in total. The molecule has 0 heterocycles. The second-order valence-electron chi connectivity index (χ2n) is 5.17. The molecule has 1 aromatic carbocycles. The highest BCUT2D eigenvalue weighted by Crippen LogP contribution is 2.28. The largest absolute Gasteiger partial charge is 0.483 e. The normalized spacial score (nSPS) is 11.8. The van der Waals surface area contributed by atoms with Crippen LogP contribution in [0.4, 0.5) is 0 Å². The number of thiocarbonyl (C=S) groups is 1. The first-order valence-corrected chi connectivity index (χ1v) is 7.60. The standard InChI is InChI=1S/C16H24N2O2S/c1-4-12(2)13-7-5-6-8-14(13)20-11-16(19)18(3)10-9-15(17)21/h5-8,12H,4,9-11H2,1-3H3,(H2,17,21). The van der Waals surface area contributed by atoms with Gasteiger partial charge < -0.3 is 15.4 Å². The van der Waals surface area contributed by atoms with Gasteiger partial charge in [0, 0.05) is 20.0 Å². The average molecular weight is 308 g/mol. The third-order valence-corrected chi connectivity index (χ3v) is 3.74. The summed E-state index contributed by atoms with van der Waals surface area (Å²) in [4.78, 5) is 14.0. The Balaban J connectivity index is 2.59. The molecule has 0 aliphatic rings. The maximum absolute atomic E-state index is 12.0. The van der Waals surface area contributed by atoms with Gasteiger partial charge in [-0.1, -0.05) is 44.3 Å². The number of carbonyl (C=O) groups excluding carboxylic acids is 1. The van der Waals surface area contributed by atoms with Gasteiger partial charge in [-0.3, -0.25) is 4.79 Å². The number of carbonyl (C=O) groups is 1. The van der Waals surface area contributed by atoms with Crippen LogP contribution >= 0.6 is 12.2 Å². The Bertz CT molecular complexity index is 491. The second kappa shape index (κ2) is 8.62. The molecular formula is C16H24N2O2S. The van der Waals surface area contributed by atoms with Crippen LogP contribution in [0.1, 0.15) is 38.2 Å². The summed E-state index contributed by atoms with van der Waals surface area (Å²) in [6.45, 7) is 4.83. The number of ether oxygens (including phenoxy) is 1. The molecule has 116 valence electrons. The van der Waals surface area contributed by atoms with Crippen molar-refractivity contribution in [2.45, 2.75) is 32.6 Å². The highest BCUT2D eigenvalue weighted by molar-refractivity contribution is 7.80. The lowest BCUT2D eigenvalue weighted by Crippen LogP contribution is -2.33. The van der Waals surface area contributed by atoms with Gasteiger partial charge in [-0.15, -0.1) is 0 Å². The minimum Gasteiger partial charge on any atom is -0.483 e. The molecule has 0 saturated heterocycles. The summed E-state index contributed by atoms with van der Waals surface area (Å²) in [5, 5.41) is 0. The quantitative estimate of drug-likeness (QED) is 0.750. The summed E-state index contributed by atoms with van der Waals surface area (Å²) in [5.74, 6) is 1.11. The van der Waals surface area contributed by atoms with Gasteiger partial charge in [-0.2, -0.15) is 0 Å². The van der Waals surface area contributed by atoms with Gasteiger partial charge in [0.2, 0.25) is 0 Å². The van der Waals surface area contributed by atoms with E-state index in [9.17, 15) is 4.79 Å². The van der Waals surface area contributed by atoms with Crippen LogP contribution in [0, 0.1) is 0 Å². The zero-order valence-corrected chi connectivity index (χ0v) is 13.8. The smallest absolute Gasteiger partial charge is 0.260 e. The highest BCUT2D eigenvalue weighted by Gasteiger charge is 2.13. The summed E-state index contributed by atoms with van der Waals surface area (Å²) < 4.78 is 5.69. The fraction of sp³-hybridized carbons (Fsp3) is 0.500. The number of nitrogens with zero attached hydrogens (tertiary/aromatic N) is 1. The van der Waals surface area contributed by atoms with E-state index in [0.29, 0.717) is 23.9 Å². The van der Waals surface area contributed by atoms with E-state index < -0.39 is 0 Å². The number of benzene rings is 1. The highest BCUT2D eigenvalue weighted by atomic mass is 32.1. The van der Waals surface area contributed by atoms with E-state index in [1.54, 1.807) is 11.9 Å². The van der Waals surface area contributed by atoms with Crippen LogP contribution in [0.2, 0.25) is 0 Å². The van der Waals surface area contributed by atoms with Gasteiger partial charge >= 0.3 is 0 Å². The van der Waals surface area contributed by atoms with Crippen molar-refractivity contribution in [2.24, 2.45) is 5.73 Å². The minimum absolute atomic E-state index is 0.0290. The van der Waals surface area contributed by atoms with Crippen molar-refractivity contribution < 1.29 is 9.53 Å². The zero-order chi connectivity index (χ0) is 15.8. The van der Waals surface area contributed by atoms with Crippen molar-refractivity contribution in [1.29, 1.82) is 0 Å². The van der Waals surface area contributed by atoms with Gasteiger partial charge in [-0.05, 0) is 24.0 Å². The van der Waals surface area contributed by atoms with Crippen LogP contribution in [0.3, 0.4) is 0 Å². The molecule has 0 fully saturated rings. The van der Waals surface area contributed by atoms with Gasteiger partial charge in [-0.25, -0.2) is 0 Å². The predicted octanol–water partition coefficient (Wildman–Crippen LogP) is 2.71. The Hall–Kier alpha value is -1.62. The fourth-order valence-electron chi connectivity index (χ4n) is 1.89. The van der Waals surface area contributed by atoms with Crippen LogP contribution in [0.5, 0.6) is 5.75 Å². The number of hydrogen-bond donors (Lipinski definition) is 1. The molecule has 21 heavy (non-hydrogen) atoms. The molecule has 1 atom stereocenters. The molecule has 5 heteroatoms. The number of nitrogens with two attached hydrogens (primary N) is 1. The van der Waals surface area contributed by atoms with Crippen molar-refractivity contribution in [3.8, 4) is 5.75 Å². The summed E-state index contributed by atoms with van der Waals surface area (Å²) in [5.41, 5.74) is 6.57. The first kappa shape index (κ1) is 17.4. The van der Waals surface area contributed by atoms with Crippen LogP contribution in [-0.4, -0.2) is 36.0 Å². The molecule has 0 radical (unpaired) electrons. The molecular weight excluding hydrogens is 284 g/mol. The van der Waals surface area contributed by atoms with Crippen molar-refractivity contribution in [1.82, 2.24) is 4.90 Å². The summed E-state index contributed by atoms with van der Waals surface area (Å²) in [6.07, 6.45) is 1.56. The lowest BCUT2D eigenvalue weighted by Gasteiger charge is -2.19. The molecule has 4 nitrogen and oxygen atoms in total. The number of hydrogen-bond acceptors (Lipinski definition) is 3. The van der Waals surface area contributed by atoms with E-state index in [1.165, 1.54) is 0 Å². The van der Waals surface area contributed by atoms with Gasteiger partial charge in [0.25, 0.3) is 5.91 Å². The third kappa shape index (κ3) is 5.71. The summed E-state index contributed by atoms with van der Waals surface area (Å²) >= 11 is 4.81. The molecule has 0 bridgehead atoms. The predicted molar refractivity (Wildman–Crippen MR) is 89.7 cm³/mol. The third-order valence-electron chi connectivity index (χ3n) is 3.53. The summed E-state index contributed by atoms with van der Waals surface area (Å²) in [7, 11) is 1.73. The number of para-hydroxylation sites is 1. The maximum atomic E-state index is 12.0. The SMILES string of the molecule is CCC(C)c1ccccc1OCC(=O)N(C)CCC(N)=S. The topological polar surface area (TPSA) is 55.6 Å². The Morgan fingerprint density at radius 2 is 2.10 bits per heavy atom. The number of amides is 1. The minimum atomic E-state index is -0.0785.